The predicted octanol–water partition coefficient (Wildman–Crippen LogP) is 0.182. The molecule has 2 aliphatic rings. The summed E-state index contributed by atoms with van der Waals surface area (Å²) in [5.74, 6) is -1.12. The zero-order chi connectivity index (χ0) is 11.9. The molecule has 88 valence electrons. The standard InChI is InChI=1S/C10H14N2O4/c1-10(4-6-2-3-6)8(15)12(5-7(13)14)9(16)11-10/h6H,2-5H2,1H3,(H,11,16)(H,13,14). The molecule has 16 heavy (non-hydrogen) atoms. The molecule has 1 aliphatic heterocycles. The third-order valence-corrected chi connectivity index (χ3v) is 3.03. The second kappa shape index (κ2) is 3.47. The Labute approximate surface area is 92.6 Å². The average Bonchev–Trinajstić information content (AvgIpc) is 2.92. The fourth-order valence-corrected chi connectivity index (χ4v) is 2.06. The summed E-state index contributed by atoms with van der Waals surface area (Å²) in [5.41, 5.74) is -0.909. The fourth-order valence-electron chi connectivity index (χ4n) is 2.06. The summed E-state index contributed by atoms with van der Waals surface area (Å²) in [6, 6.07) is -0.601. The first kappa shape index (κ1) is 10.9. The van der Waals surface area contributed by atoms with E-state index in [2.05, 4.69) is 5.32 Å². The Morgan fingerprint density at radius 3 is 2.69 bits per heavy atom. The van der Waals surface area contributed by atoms with Gasteiger partial charge < -0.3 is 10.4 Å². The van der Waals surface area contributed by atoms with Crippen molar-refractivity contribution < 1.29 is 19.5 Å². The van der Waals surface area contributed by atoms with Crippen LogP contribution in [-0.4, -0.2) is 40.0 Å². The highest BCUT2D eigenvalue weighted by molar-refractivity contribution is 6.08. The minimum absolute atomic E-state index is 0.424. The number of rotatable bonds is 4. The van der Waals surface area contributed by atoms with Crippen LogP contribution in [0.15, 0.2) is 0 Å². The molecule has 1 atom stereocenters. The topological polar surface area (TPSA) is 86.7 Å². The number of carbonyl (C=O) groups excluding carboxylic acids is 2. The smallest absolute Gasteiger partial charge is 0.325 e. The van der Waals surface area contributed by atoms with E-state index < -0.39 is 30.0 Å². The predicted molar refractivity (Wildman–Crippen MR) is 53.6 cm³/mol. The maximum Gasteiger partial charge on any atom is 0.325 e. The highest BCUT2D eigenvalue weighted by atomic mass is 16.4. The monoisotopic (exact) mass is 226 g/mol. The van der Waals surface area contributed by atoms with Gasteiger partial charge in [0, 0.05) is 0 Å². The fraction of sp³-hybridized carbons (Fsp3) is 0.700. The molecule has 0 aromatic carbocycles. The van der Waals surface area contributed by atoms with Crippen molar-refractivity contribution >= 4 is 17.9 Å². The van der Waals surface area contributed by atoms with Crippen molar-refractivity contribution in [3.8, 4) is 0 Å². The third-order valence-electron chi connectivity index (χ3n) is 3.03. The molecule has 6 nitrogen and oxygen atoms in total. The largest absolute Gasteiger partial charge is 0.480 e. The van der Waals surface area contributed by atoms with Crippen LogP contribution in [0.1, 0.15) is 26.2 Å². The lowest BCUT2D eigenvalue weighted by Crippen LogP contribution is -2.44. The van der Waals surface area contributed by atoms with E-state index in [1.807, 2.05) is 0 Å². The van der Waals surface area contributed by atoms with Crippen LogP contribution >= 0.6 is 0 Å². The summed E-state index contributed by atoms with van der Waals surface area (Å²) in [6.45, 7) is 1.10. The summed E-state index contributed by atoms with van der Waals surface area (Å²) in [6.07, 6.45) is 2.77. The van der Waals surface area contributed by atoms with Gasteiger partial charge in [-0.15, -0.1) is 0 Å². The third kappa shape index (κ3) is 1.87. The first-order chi connectivity index (χ1) is 7.42. The second-order valence-corrected chi connectivity index (χ2v) is 4.69. The van der Waals surface area contributed by atoms with Crippen LogP contribution in [0.4, 0.5) is 4.79 Å². The molecule has 6 heteroatoms. The molecule has 2 N–H and O–H groups in total. The van der Waals surface area contributed by atoms with Gasteiger partial charge in [0.15, 0.2) is 0 Å². The molecule has 2 rings (SSSR count). The number of nitrogens with one attached hydrogen (secondary N) is 1. The highest BCUT2D eigenvalue weighted by Gasteiger charge is 2.50. The van der Waals surface area contributed by atoms with Gasteiger partial charge in [0.25, 0.3) is 5.91 Å². The molecule has 0 aromatic rings. The molecular formula is C10H14N2O4. The maximum absolute atomic E-state index is 11.9. The van der Waals surface area contributed by atoms with E-state index >= 15 is 0 Å². The zero-order valence-electron chi connectivity index (χ0n) is 9.02. The SMILES string of the molecule is CC1(CC2CC2)NC(=O)N(CC(=O)O)C1=O. The summed E-state index contributed by atoms with van der Waals surface area (Å²) >= 11 is 0. The summed E-state index contributed by atoms with van der Waals surface area (Å²) < 4.78 is 0. The first-order valence-electron chi connectivity index (χ1n) is 5.28. The van der Waals surface area contributed by atoms with Crippen molar-refractivity contribution in [3.63, 3.8) is 0 Å². The molecule has 3 amide bonds. The minimum Gasteiger partial charge on any atom is -0.480 e. The van der Waals surface area contributed by atoms with Crippen LogP contribution in [0.3, 0.4) is 0 Å². The van der Waals surface area contributed by atoms with Gasteiger partial charge in [-0.1, -0.05) is 12.8 Å². The molecule has 0 radical (unpaired) electrons. The van der Waals surface area contributed by atoms with Gasteiger partial charge in [-0.25, -0.2) is 4.79 Å². The van der Waals surface area contributed by atoms with Crippen LogP contribution in [0, 0.1) is 5.92 Å². The van der Waals surface area contributed by atoms with E-state index in [1.165, 1.54) is 0 Å². The van der Waals surface area contributed by atoms with Gasteiger partial charge in [-0.3, -0.25) is 14.5 Å². The number of hydrogen-bond donors (Lipinski definition) is 2. The number of carboxylic acid groups (broad SMARTS) is 1. The molecule has 0 bridgehead atoms. The first-order valence-corrected chi connectivity index (χ1v) is 5.28. The van der Waals surface area contributed by atoms with Crippen molar-refractivity contribution in [2.75, 3.05) is 6.54 Å². The van der Waals surface area contributed by atoms with Crippen molar-refractivity contribution in [2.45, 2.75) is 31.7 Å². The molecule has 2 fully saturated rings. The van der Waals surface area contributed by atoms with Gasteiger partial charge in [0.1, 0.15) is 12.1 Å². The van der Waals surface area contributed by atoms with Crippen molar-refractivity contribution in [1.82, 2.24) is 10.2 Å². The summed E-state index contributed by atoms with van der Waals surface area (Å²) in [4.78, 5) is 34.7. The van der Waals surface area contributed by atoms with Crippen LogP contribution in [0.5, 0.6) is 0 Å². The number of carbonyl (C=O) groups is 3. The lowest BCUT2D eigenvalue weighted by molar-refractivity contribution is -0.142. The van der Waals surface area contributed by atoms with Gasteiger partial charge in [-0.2, -0.15) is 0 Å². The Balaban J connectivity index is 2.10. The van der Waals surface area contributed by atoms with E-state index in [9.17, 15) is 14.4 Å². The van der Waals surface area contributed by atoms with Crippen molar-refractivity contribution in [2.24, 2.45) is 5.92 Å². The average molecular weight is 226 g/mol. The maximum atomic E-state index is 11.9. The Hall–Kier alpha value is -1.59. The van der Waals surface area contributed by atoms with E-state index in [4.69, 9.17) is 5.11 Å². The van der Waals surface area contributed by atoms with E-state index in [0.717, 1.165) is 17.7 Å². The minimum atomic E-state index is -1.18. The Kier molecular flexibility index (Phi) is 2.36. The molecule has 0 aromatic heterocycles. The van der Waals surface area contributed by atoms with Crippen molar-refractivity contribution in [3.05, 3.63) is 0 Å². The number of aliphatic carboxylic acids is 1. The highest BCUT2D eigenvalue weighted by Crippen LogP contribution is 2.38. The van der Waals surface area contributed by atoms with Gasteiger partial charge in [0.05, 0.1) is 0 Å². The van der Waals surface area contributed by atoms with Crippen LogP contribution < -0.4 is 5.32 Å². The number of urea groups is 1. The van der Waals surface area contributed by atoms with Crippen LogP contribution in [0.2, 0.25) is 0 Å². The van der Waals surface area contributed by atoms with Gasteiger partial charge in [-0.05, 0) is 19.3 Å². The Bertz CT molecular complexity index is 364. The molecule has 1 unspecified atom stereocenters. The molecule has 1 saturated carbocycles. The van der Waals surface area contributed by atoms with E-state index in [-0.39, 0.29) is 0 Å². The lowest BCUT2D eigenvalue weighted by atomic mass is 9.95. The number of imide groups is 1. The quantitative estimate of drug-likeness (QED) is 0.669. The number of nitrogens with zero attached hydrogens (tertiary/aromatic N) is 1. The summed E-state index contributed by atoms with van der Waals surface area (Å²) in [7, 11) is 0. The summed E-state index contributed by atoms with van der Waals surface area (Å²) in [5, 5.41) is 11.2. The van der Waals surface area contributed by atoms with Crippen LogP contribution in [-0.2, 0) is 9.59 Å². The molecular weight excluding hydrogens is 212 g/mol. The van der Waals surface area contributed by atoms with E-state index in [1.54, 1.807) is 6.92 Å². The molecule has 1 heterocycles. The normalized spacial score (nSPS) is 29.4. The van der Waals surface area contributed by atoms with E-state index in [0.29, 0.717) is 12.3 Å². The van der Waals surface area contributed by atoms with Crippen LogP contribution in [0.25, 0.3) is 0 Å². The molecule has 1 saturated heterocycles. The van der Waals surface area contributed by atoms with Gasteiger partial charge in [0.2, 0.25) is 0 Å². The Morgan fingerprint density at radius 1 is 1.56 bits per heavy atom. The number of carboxylic acids is 1. The number of hydrogen-bond acceptors (Lipinski definition) is 3. The molecule has 1 aliphatic carbocycles. The van der Waals surface area contributed by atoms with Crippen molar-refractivity contribution in [1.29, 1.82) is 0 Å². The zero-order valence-corrected chi connectivity index (χ0v) is 9.02. The number of amides is 3. The lowest BCUT2D eigenvalue weighted by Gasteiger charge is -2.20. The van der Waals surface area contributed by atoms with Gasteiger partial charge >= 0.3 is 12.0 Å². The Morgan fingerprint density at radius 2 is 2.19 bits per heavy atom. The second-order valence-electron chi connectivity index (χ2n) is 4.69. The molecule has 0 spiro atoms.